The fraction of sp³-hybridized carbons (Fsp3) is 0.429. The average Bonchev–Trinajstić information content (AvgIpc) is 2.87. The predicted octanol–water partition coefficient (Wildman–Crippen LogP) is 5.18. The number of aromatic nitrogens is 1. The summed E-state index contributed by atoms with van der Waals surface area (Å²) in [5.41, 5.74) is 2.87. The van der Waals surface area contributed by atoms with E-state index in [0.717, 1.165) is 47.5 Å². The summed E-state index contributed by atoms with van der Waals surface area (Å²) in [6, 6.07) is 16.0. The molecule has 6 nitrogen and oxygen atoms in total. The van der Waals surface area contributed by atoms with Gasteiger partial charge in [-0.15, -0.1) is 11.8 Å². The second kappa shape index (κ2) is 11.9. The molecule has 35 heavy (non-hydrogen) atoms. The van der Waals surface area contributed by atoms with Crippen molar-refractivity contribution in [3.8, 4) is 5.75 Å². The predicted molar refractivity (Wildman–Crippen MR) is 140 cm³/mol. The molecule has 3 aromatic rings. The van der Waals surface area contributed by atoms with Gasteiger partial charge in [-0.05, 0) is 80.6 Å². The number of hydrogen-bond acceptors (Lipinski definition) is 6. The van der Waals surface area contributed by atoms with Gasteiger partial charge in [-0.2, -0.15) is 0 Å². The van der Waals surface area contributed by atoms with Crippen molar-refractivity contribution in [2.75, 3.05) is 32.5 Å². The standard InChI is InChI=1S/C28H34N2O4S/c1-19-4-3-5-22(16-19)35-15-14-30-13-11-20(25(18-30)28(32)33)6-9-27(31)23-10-12-29-26-8-7-21(34-2)17-24(23)26/h3-5,7-8,10,12,16-17,20,25,27,31H,6,9,11,13-15,18H2,1-2H3,(H,32,33)/t20-,25+,27?/m1/s1. The van der Waals surface area contributed by atoms with Crippen LogP contribution in [0.5, 0.6) is 5.75 Å². The van der Waals surface area contributed by atoms with Crippen molar-refractivity contribution in [2.24, 2.45) is 11.8 Å². The van der Waals surface area contributed by atoms with Gasteiger partial charge < -0.3 is 19.8 Å². The zero-order valence-electron chi connectivity index (χ0n) is 20.4. The van der Waals surface area contributed by atoms with Crippen LogP contribution in [-0.4, -0.2) is 58.6 Å². The molecule has 1 aliphatic rings. The van der Waals surface area contributed by atoms with Crippen LogP contribution in [0.2, 0.25) is 0 Å². The molecule has 2 N–H and O–H groups in total. The molecule has 0 aliphatic carbocycles. The highest BCUT2D eigenvalue weighted by molar-refractivity contribution is 7.99. The van der Waals surface area contributed by atoms with E-state index in [4.69, 9.17) is 4.74 Å². The number of piperidine rings is 1. The van der Waals surface area contributed by atoms with Crippen LogP contribution >= 0.6 is 11.8 Å². The third-order valence-electron chi connectivity index (χ3n) is 6.98. The fourth-order valence-corrected chi connectivity index (χ4v) is 6.01. The van der Waals surface area contributed by atoms with Crippen LogP contribution in [0.15, 0.2) is 59.6 Å². The van der Waals surface area contributed by atoms with Gasteiger partial charge in [0.05, 0.1) is 24.6 Å². The molecular formula is C28H34N2O4S. The molecule has 0 saturated carbocycles. The van der Waals surface area contributed by atoms with Gasteiger partial charge in [0.15, 0.2) is 0 Å². The molecule has 1 aliphatic heterocycles. The first-order valence-corrected chi connectivity index (χ1v) is 13.2. The number of nitrogens with zero attached hydrogens (tertiary/aromatic N) is 2. The highest BCUT2D eigenvalue weighted by Gasteiger charge is 2.34. The summed E-state index contributed by atoms with van der Waals surface area (Å²) in [6.07, 6.45) is 3.07. The Bertz CT molecular complexity index is 1150. The molecule has 0 radical (unpaired) electrons. The molecule has 7 heteroatoms. The number of rotatable bonds is 10. The highest BCUT2D eigenvalue weighted by Crippen LogP contribution is 2.34. The number of likely N-dealkylation sites (tertiary alicyclic amines) is 1. The smallest absolute Gasteiger partial charge is 0.308 e. The number of methoxy groups -OCH3 is 1. The molecule has 2 aromatic carbocycles. The van der Waals surface area contributed by atoms with E-state index in [-0.39, 0.29) is 5.92 Å². The number of hydrogen-bond donors (Lipinski definition) is 2. The minimum absolute atomic E-state index is 0.0606. The van der Waals surface area contributed by atoms with Crippen molar-refractivity contribution in [1.82, 2.24) is 9.88 Å². The van der Waals surface area contributed by atoms with Gasteiger partial charge in [-0.3, -0.25) is 9.78 Å². The lowest BCUT2D eigenvalue weighted by Gasteiger charge is -2.37. The number of aryl methyl sites for hydroxylation is 1. The minimum Gasteiger partial charge on any atom is -0.497 e. The Morgan fingerprint density at radius 3 is 2.89 bits per heavy atom. The maximum Gasteiger partial charge on any atom is 0.308 e. The lowest BCUT2D eigenvalue weighted by molar-refractivity contribution is -0.146. The number of benzene rings is 2. The molecule has 0 amide bonds. The summed E-state index contributed by atoms with van der Waals surface area (Å²) >= 11 is 1.82. The lowest BCUT2D eigenvalue weighted by atomic mass is 9.81. The van der Waals surface area contributed by atoms with E-state index in [1.165, 1.54) is 10.5 Å². The van der Waals surface area contributed by atoms with E-state index >= 15 is 0 Å². The van der Waals surface area contributed by atoms with E-state index in [2.05, 4.69) is 41.1 Å². The Kier molecular flexibility index (Phi) is 8.65. The summed E-state index contributed by atoms with van der Waals surface area (Å²) in [6.45, 7) is 4.44. The van der Waals surface area contributed by atoms with E-state index in [0.29, 0.717) is 19.4 Å². The molecule has 1 aromatic heterocycles. The van der Waals surface area contributed by atoms with Crippen LogP contribution in [0.1, 0.15) is 36.5 Å². The number of aliphatic carboxylic acids is 1. The average molecular weight is 495 g/mol. The van der Waals surface area contributed by atoms with Gasteiger partial charge in [0.2, 0.25) is 0 Å². The summed E-state index contributed by atoms with van der Waals surface area (Å²) in [4.78, 5) is 20.0. The number of ether oxygens (including phenoxy) is 1. The molecule has 1 unspecified atom stereocenters. The third-order valence-corrected chi connectivity index (χ3v) is 7.95. The van der Waals surface area contributed by atoms with Crippen LogP contribution in [0.25, 0.3) is 10.9 Å². The summed E-state index contributed by atoms with van der Waals surface area (Å²) in [5.74, 6) is 0.578. The van der Waals surface area contributed by atoms with Crippen molar-refractivity contribution in [2.45, 2.75) is 37.2 Å². The Labute approximate surface area is 211 Å². The van der Waals surface area contributed by atoms with Crippen molar-refractivity contribution >= 4 is 28.6 Å². The summed E-state index contributed by atoms with van der Waals surface area (Å²) in [5, 5.41) is 21.8. The molecule has 186 valence electrons. The molecule has 0 bridgehead atoms. The van der Waals surface area contributed by atoms with E-state index in [9.17, 15) is 15.0 Å². The van der Waals surface area contributed by atoms with Crippen molar-refractivity contribution < 1.29 is 19.7 Å². The molecule has 1 fully saturated rings. The van der Waals surface area contributed by atoms with Crippen LogP contribution in [0.4, 0.5) is 0 Å². The number of fused-ring (bicyclic) bond motifs is 1. The van der Waals surface area contributed by atoms with Crippen molar-refractivity contribution in [3.63, 3.8) is 0 Å². The zero-order chi connectivity index (χ0) is 24.8. The van der Waals surface area contributed by atoms with Gasteiger partial charge in [0.25, 0.3) is 0 Å². The van der Waals surface area contributed by atoms with Crippen molar-refractivity contribution in [1.29, 1.82) is 0 Å². The number of aliphatic hydroxyl groups excluding tert-OH is 1. The fourth-order valence-electron chi connectivity index (χ4n) is 4.99. The van der Waals surface area contributed by atoms with Gasteiger partial charge in [-0.25, -0.2) is 0 Å². The summed E-state index contributed by atoms with van der Waals surface area (Å²) < 4.78 is 5.34. The minimum atomic E-state index is -0.736. The zero-order valence-corrected chi connectivity index (χ0v) is 21.2. The largest absolute Gasteiger partial charge is 0.497 e. The highest BCUT2D eigenvalue weighted by atomic mass is 32.2. The number of carbonyl (C=O) groups is 1. The Morgan fingerprint density at radius 2 is 2.11 bits per heavy atom. The normalized spacial score (nSPS) is 19.5. The van der Waals surface area contributed by atoms with Crippen molar-refractivity contribution in [3.05, 3.63) is 65.9 Å². The molecule has 1 saturated heterocycles. The van der Waals surface area contributed by atoms with Gasteiger partial charge in [0.1, 0.15) is 5.75 Å². The number of carboxylic acid groups (broad SMARTS) is 1. The first-order valence-electron chi connectivity index (χ1n) is 12.2. The molecular weight excluding hydrogens is 460 g/mol. The van der Waals surface area contributed by atoms with E-state index in [1.54, 1.807) is 13.3 Å². The maximum absolute atomic E-state index is 12.1. The Morgan fingerprint density at radius 1 is 1.26 bits per heavy atom. The second-order valence-corrected chi connectivity index (χ2v) is 10.5. The maximum atomic E-state index is 12.1. The van der Waals surface area contributed by atoms with Gasteiger partial charge >= 0.3 is 5.97 Å². The van der Waals surface area contributed by atoms with E-state index < -0.39 is 18.0 Å². The topological polar surface area (TPSA) is 82.9 Å². The second-order valence-electron chi connectivity index (χ2n) is 9.34. The third kappa shape index (κ3) is 6.54. The molecule has 2 heterocycles. The first kappa shape index (κ1) is 25.5. The Balaban J connectivity index is 1.33. The number of thioether (sulfide) groups is 1. The van der Waals surface area contributed by atoms with Crippen LogP contribution in [-0.2, 0) is 4.79 Å². The molecule has 0 spiro atoms. The van der Waals surface area contributed by atoms with Crippen LogP contribution in [0.3, 0.4) is 0 Å². The van der Waals surface area contributed by atoms with Gasteiger partial charge in [-0.1, -0.05) is 17.7 Å². The van der Waals surface area contributed by atoms with Crippen LogP contribution in [0, 0.1) is 18.8 Å². The van der Waals surface area contributed by atoms with E-state index in [1.807, 2.05) is 36.0 Å². The molecule has 3 atom stereocenters. The summed E-state index contributed by atoms with van der Waals surface area (Å²) in [7, 11) is 1.62. The molecule has 4 rings (SSSR count). The lowest BCUT2D eigenvalue weighted by Crippen LogP contribution is -2.44. The monoisotopic (exact) mass is 494 g/mol. The number of aliphatic hydroxyl groups is 1. The number of carboxylic acids is 1. The SMILES string of the molecule is COc1ccc2nccc(C(O)CC[C@@H]3CCN(CCSc4cccc(C)c4)C[C@@H]3C(=O)O)c2c1. The van der Waals surface area contributed by atoms with Gasteiger partial charge in [0, 0.05) is 35.3 Å². The number of pyridine rings is 1. The first-order chi connectivity index (χ1) is 16.9. The Hall–Kier alpha value is -2.61. The quantitative estimate of drug-likeness (QED) is 0.376. The van der Waals surface area contributed by atoms with Crippen LogP contribution < -0.4 is 4.74 Å².